The predicted molar refractivity (Wildman–Crippen MR) is 81.2 cm³/mol. The molecule has 5 unspecified atom stereocenters. The molecule has 26 heavy (non-hydrogen) atoms. The van der Waals surface area contributed by atoms with E-state index in [0.29, 0.717) is 0 Å². The number of imidazole rings is 1. The summed E-state index contributed by atoms with van der Waals surface area (Å²) in [6.45, 7) is -0.588. The van der Waals surface area contributed by atoms with Gasteiger partial charge in [-0.2, -0.15) is 0 Å². The molecule has 0 saturated carbocycles. The van der Waals surface area contributed by atoms with Crippen molar-refractivity contribution in [2.24, 2.45) is 0 Å². The normalized spacial score (nSPS) is 34.4. The minimum atomic E-state index is -4.78. The van der Waals surface area contributed by atoms with Gasteiger partial charge in [-0.05, 0) is 0 Å². The molecule has 4 heterocycles. The Labute approximate surface area is 144 Å². The number of nitrogens with zero attached hydrogens (tertiary/aromatic N) is 4. The van der Waals surface area contributed by atoms with Gasteiger partial charge in [-0.25, -0.2) is 24.1 Å². The summed E-state index contributed by atoms with van der Waals surface area (Å²) in [5, 5.41) is 0. The van der Waals surface area contributed by atoms with Crippen molar-refractivity contribution in [3.63, 3.8) is 0 Å². The van der Waals surface area contributed by atoms with Crippen LogP contribution in [-0.4, -0.2) is 59.1 Å². The zero-order valence-electron chi connectivity index (χ0n) is 12.7. The van der Waals surface area contributed by atoms with E-state index >= 15 is 0 Å². The van der Waals surface area contributed by atoms with Gasteiger partial charge < -0.3 is 25.2 Å². The van der Waals surface area contributed by atoms with Crippen LogP contribution < -0.4 is 5.73 Å². The number of anilines is 1. The SMILES string of the molecule is Nc1ncnc2c1ncn2C1OC(COP(=O)(O)O)C2OP(=O)(O)OC21. The molecule has 2 saturated heterocycles. The third-order valence-electron chi connectivity index (χ3n) is 3.86. The summed E-state index contributed by atoms with van der Waals surface area (Å²) >= 11 is 0. The fraction of sp³-hybridized carbons (Fsp3) is 0.500. The molecular formula is C10H13N5O9P2. The fourth-order valence-electron chi connectivity index (χ4n) is 2.86. The van der Waals surface area contributed by atoms with Crippen molar-refractivity contribution in [1.29, 1.82) is 0 Å². The first-order valence-electron chi connectivity index (χ1n) is 7.13. The van der Waals surface area contributed by atoms with Crippen LogP contribution in [-0.2, 0) is 27.4 Å². The summed E-state index contributed by atoms with van der Waals surface area (Å²) < 4.78 is 44.2. The Morgan fingerprint density at radius 3 is 2.77 bits per heavy atom. The smallest absolute Gasteiger partial charge is 0.382 e. The molecule has 0 aromatic carbocycles. The quantitative estimate of drug-likeness (QED) is 0.462. The van der Waals surface area contributed by atoms with Crippen molar-refractivity contribution in [2.45, 2.75) is 24.5 Å². The molecule has 2 aromatic rings. The van der Waals surface area contributed by atoms with E-state index in [9.17, 15) is 14.0 Å². The summed E-state index contributed by atoms with van der Waals surface area (Å²) in [5.41, 5.74) is 6.29. The van der Waals surface area contributed by atoms with Crippen molar-refractivity contribution in [1.82, 2.24) is 19.5 Å². The second-order valence-corrected chi connectivity index (χ2v) is 8.14. The number of hydrogen-bond acceptors (Lipinski definition) is 10. The van der Waals surface area contributed by atoms with Crippen LogP contribution in [0.2, 0.25) is 0 Å². The molecule has 2 aliphatic heterocycles. The second-order valence-electron chi connectivity index (χ2n) is 5.54. The molecule has 0 bridgehead atoms. The predicted octanol–water partition coefficient (Wildman–Crippen LogP) is -0.700. The molecule has 2 aromatic heterocycles. The highest BCUT2D eigenvalue weighted by Crippen LogP contribution is 2.59. The first-order valence-corrected chi connectivity index (χ1v) is 10.2. The largest absolute Gasteiger partial charge is 0.473 e. The minimum absolute atomic E-state index is 0.126. The maximum absolute atomic E-state index is 11.8. The van der Waals surface area contributed by atoms with Crippen LogP contribution in [0, 0.1) is 0 Å². The Morgan fingerprint density at radius 2 is 2.04 bits per heavy atom. The van der Waals surface area contributed by atoms with Crippen LogP contribution in [0.15, 0.2) is 12.7 Å². The molecule has 4 rings (SSSR count). The van der Waals surface area contributed by atoms with E-state index in [1.54, 1.807) is 0 Å². The molecular weight excluding hydrogens is 396 g/mol. The van der Waals surface area contributed by atoms with Gasteiger partial charge in [0.1, 0.15) is 30.2 Å². The van der Waals surface area contributed by atoms with E-state index in [1.165, 1.54) is 17.2 Å². The van der Waals surface area contributed by atoms with Crippen LogP contribution in [0.3, 0.4) is 0 Å². The first kappa shape index (κ1) is 17.9. The number of fused-ring (bicyclic) bond motifs is 2. The summed E-state index contributed by atoms with van der Waals surface area (Å²) in [6.07, 6.45) is -1.73. The molecule has 2 aliphatic rings. The monoisotopic (exact) mass is 409 g/mol. The second kappa shape index (κ2) is 6.02. The molecule has 16 heteroatoms. The molecule has 5 N–H and O–H groups in total. The molecule has 0 aliphatic carbocycles. The van der Waals surface area contributed by atoms with Crippen molar-refractivity contribution in [2.75, 3.05) is 12.3 Å². The molecule has 142 valence electrons. The lowest BCUT2D eigenvalue weighted by Gasteiger charge is -2.19. The van der Waals surface area contributed by atoms with Gasteiger partial charge in [0.15, 0.2) is 17.7 Å². The Kier molecular flexibility index (Phi) is 4.15. The Bertz CT molecular complexity index is 946. The number of nitrogens with two attached hydrogens (primary N) is 1. The third kappa shape index (κ3) is 3.16. The van der Waals surface area contributed by atoms with Gasteiger partial charge in [-0.1, -0.05) is 0 Å². The van der Waals surface area contributed by atoms with Crippen LogP contribution >= 0.6 is 15.6 Å². The van der Waals surface area contributed by atoms with Gasteiger partial charge in [0.25, 0.3) is 0 Å². The molecule has 0 spiro atoms. The van der Waals surface area contributed by atoms with Crippen LogP contribution in [0.5, 0.6) is 0 Å². The number of phosphoric acid groups is 2. The lowest BCUT2D eigenvalue weighted by molar-refractivity contribution is -0.0581. The van der Waals surface area contributed by atoms with E-state index in [-0.39, 0.29) is 17.0 Å². The Hall–Kier alpha value is -1.47. The average molecular weight is 409 g/mol. The van der Waals surface area contributed by atoms with Crippen LogP contribution in [0.4, 0.5) is 5.82 Å². The van der Waals surface area contributed by atoms with Gasteiger partial charge in [-0.3, -0.25) is 18.1 Å². The van der Waals surface area contributed by atoms with Crippen molar-refractivity contribution < 1.29 is 42.1 Å². The van der Waals surface area contributed by atoms with Gasteiger partial charge in [0.05, 0.1) is 12.9 Å². The summed E-state index contributed by atoms with van der Waals surface area (Å²) in [5.74, 6) is 0.126. The van der Waals surface area contributed by atoms with E-state index in [1.807, 2.05) is 0 Å². The van der Waals surface area contributed by atoms with E-state index in [2.05, 4.69) is 19.5 Å². The van der Waals surface area contributed by atoms with Gasteiger partial charge in [0, 0.05) is 0 Å². The highest BCUT2D eigenvalue weighted by atomic mass is 31.2. The van der Waals surface area contributed by atoms with Crippen molar-refractivity contribution >= 4 is 32.6 Å². The highest BCUT2D eigenvalue weighted by Gasteiger charge is 2.58. The van der Waals surface area contributed by atoms with Gasteiger partial charge >= 0.3 is 15.6 Å². The van der Waals surface area contributed by atoms with Crippen molar-refractivity contribution in [3.05, 3.63) is 12.7 Å². The molecule has 0 radical (unpaired) electrons. The Balaban J connectivity index is 1.68. The third-order valence-corrected chi connectivity index (χ3v) is 5.37. The minimum Gasteiger partial charge on any atom is -0.382 e. The lowest BCUT2D eigenvalue weighted by atomic mass is 10.1. The average Bonchev–Trinajstić information content (AvgIpc) is 3.16. The van der Waals surface area contributed by atoms with Crippen molar-refractivity contribution in [3.8, 4) is 0 Å². The standard InChI is InChI=1S/C10H13N5O9P2/c11-8-5-9(13-2-12-8)15(3-14-5)10-7-6(23-26(19,20)24-7)4(22-10)1-21-25(16,17)18/h2-4,6-7,10H,1H2,(H,19,20)(H2,11,12,13)(H2,16,17,18). The van der Waals surface area contributed by atoms with Crippen LogP contribution in [0.25, 0.3) is 11.2 Å². The fourth-order valence-corrected chi connectivity index (χ4v) is 4.35. The number of rotatable bonds is 4. The van der Waals surface area contributed by atoms with E-state index < -0.39 is 46.8 Å². The number of nitrogen functional groups attached to an aromatic ring is 1. The van der Waals surface area contributed by atoms with E-state index in [0.717, 1.165) is 0 Å². The Morgan fingerprint density at radius 1 is 1.31 bits per heavy atom. The number of aromatic nitrogens is 4. The lowest BCUT2D eigenvalue weighted by Crippen LogP contribution is -2.31. The number of ether oxygens (including phenoxy) is 1. The topological polar surface area (TPSA) is 201 Å². The summed E-state index contributed by atoms with van der Waals surface area (Å²) in [6, 6.07) is 0. The van der Waals surface area contributed by atoms with Gasteiger partial charge in [-0.15, -0.1) is 0 Å². The molecule has 14 nitrogen and oxygen atoms in total. The summed E-state index contributed by atoms with van der Waals surface area (Å²) in [4.78, 5) is 39.3. The van der Waals surface area contributed by atoms with E-state index in [4.69, 9.17) is 29.3 Å². The number of hydrogen-bond donors (Lipinski definition) is 4. The molecule has 5 atom stereocenters. The van der Waals surface area contributed by atoms with Gasteiger partial charge in [0.2, 0.25) is 0 Å². The maximum Gasteiger partial charge on any atom is 0.473 e. The number of phosphoric ester groups is 2. The summed E-state index contributed by atoms with van der Waals surface area (Å²) in [7, 11) is -9.13. The highest BCUT2D eigenvalue weighted by molar-refractivity contribution is 7.47. The zero-order chi connectivity index (χ0) is 18.7. The van der Waals surface area contributed by atoms with Crippen LogP contribution in [0.1, 0.15) is 6.23 Å². The first-order chi connectivity index (χ1) is 12.1. The molecule has 2 fully saturated rings. The molecule has 0 amide bonds. The maximum atomic E-state index is 11.8. The zero-order valence-corrected chi connectivity index (χ0v) is 14.5.